The number of rotatable bonds is 6. The van der Waals surface area contributed by atoms with Crippen LogP contribution in [0.2, 0.25) is 0 Å². The minimum Gasteiger partial charge on any atom is -0.400 e. The number of hydrogen-bond acceptors (Lipinski definition) is 9. The molecule has 0 aromatic carbocycles. The van der Waals surface area contributed by atoms with Gasteiger partial charge in [-0.15, -0.1) is 0 Å². The number of hydrogen-bond donors (Lipinski definition) is 4. The van der Waals surface area contributed by atoms with Crippen molar-refractivity contribution < 1.29 is 14.7 Å². The highest BCUT2D eigenvalue weighted by molar-refractivity contribution is 6.04. The van der Waals surface area contributed by atoms with E-state index in [4.69, 9.17) is 5.11 Å². The van der Waals surface area contributed by atoms with Gasteiger partial charge in [0.15, 0.2) is 11.7 Å². The fraction of sp³-hybridized carbons (Fsp3) is 0.263. The zero-order chi connectivity index (χ0) is 21.5. The molecule has 0 saturated carbocycles. The van der Waals surface area contributed by atoms with E-state index in [1.54, 1.807) is 18.3 Å². The maximum absolute atomic E-state index is 11.6. The van der Waals surface area contributed by atoms with Gasteiger partial charge in [-0.25, -0.2) is 0 Å². The highest BCUT2D eigenvalue weighted by Crippen LogP contribution is 2.08. The molecule has 10 heteroatoms. The number of carbonyl (C=O) groups is 2. The van der Waals surface area contributed by atoms with Crippen LogP contribution >= 0.6 is 0 Å². The van der Waals surface area contributed by atoms with Crippen molar-refractivity contribution in [2.24, 2.45) is 10.2 Å². The molecular weight excluding hydrogens is 374 g/mol. The van der Waals surface area contributed by atoms with E-state index >= 15 is 0 Å². The minimum absolute atomic E-state index is 0.147. The Morgan fingerprint density at radius 2 is 1.69 bits per heavy atom. The number of amides is 1. The second kappa shape index (κ2) is 13.5. The number of hydrazone groups is 2. The van der Waals surface area contributed by atoms with Crippen LogP contribution in [0.3, 0.4) is 0 Å². The van der Waals surface area contributed by atoms with E-state index in [9.17, 15) is 9.59 Å². The summed E-state index contributed by atoms with van der Waals surface area (Å²) in [5.41, 5.74) is 7.41. The summed E-state index contributed by atoms with van der Waals surface area (Å²) in [7, 11) is 1.00. The van der Waals surface area contributed by atoms with Gasteiger partial charge in [0.2, 0.25) is 5.91 Å². The Bertz CT molecular complexity index is 821. The maximum Gasteiger partial charge on any atom is 0.224 e. The Balaban J connectivity index is 0.000000989. The second-order valence-corrected chi connectivity index (χ2v) is 5.05. The molecule has 0 saturated heterocycles. The van der Waals surface area contributed by atoms with Gasteiger partial charge in [0.05, 0.1) is 11.9 Å². The molecule has 0 fully saturated rings. The number of aldehydes is 1. The Hall–Kier alpha value is -3.66. The second-order valence-electron chi connectivity index (χ2n) is 5.05. The van der Waals surface area contributed by atoms with Gasteiger partial charge in [-0.3, -0.25) is 25.6 Å². The molecule has 3 heterocycles. The van der Waals surface area contributed by atoms with Crippen molar-refractivity contribution in [3.05, 3.63) is 54.1 Å². The SMILES string of the molecule is CC.CO.O=CCCC(=O)Nc1ccc(C2=NNC(c3ccccn3)=NN2)nc1. The van der Waals surface area contributed by atoms with E-state index in [-0.39, 0.29) is 18.7 Å². The van der Waals surface area contributed by atoms with E-state index in [0.717, 1.165) is 7.11 Å². The average Bonchev–Trinajstić information content (AvgIpc) is 2.81. The third-order valence-corrected chi connectivity index (χ3v) is 3.23. The number of anilines is 1. The molecule has 1 aliphatic rings. The molecule has 10 nitrogen and oxygen atoms in total. The maximum atomic E-state index is 11.6. The van der Waals surface area contributed by atoms with Gasteiger partial charge in [0.1, 0.15) is 17.7 Å². The Labute approximate surface area is 169 Å². The normalized spacial score (nSPS) is 11.6. The van der Waals surface area contributed by atoms with Gasteiger partial charge in [-0.2, -0.15) is 10.2 Å². The lowest BCUT2D eigenvalue weighted by molar-refractivity contribution is -0.118. The largest absolute Gasteiger partial charge is 0.400 e. The van der Waals surface area contributed by atoms with Crippen LogP contribution in [-0.4, -0.2) is 46.0 Å². The van der Waals surface area contributed by atoms with Crippen molar-refractivity contribution in [3.8, 4) is 0 Å². The first-order valence-electron chi connectivity index (χ1n) is 8.99. The van der Waals surface area contributed by atoms with Crippen LogP contribution in [0.25, 0.3) is 0 Å². The molecule has 4 N–H and O–H groups in total. The summed E-state index contributed by atoms with van der Waals surface area (Å²) in [6.07, 6.45) is 4.23. The summed E-state index contributed by atoms with van der Waals surface area (Å²) in [5, 5.41) is 18.0. The molecule has 1 aliphatic heterocycles. The monoisotopic (exact) mass is 399 g/mol. The topological polar surface area (TPSA) is 141 Å². The summed E-state index contributed by atoms with van der Waals surface area (Å²) >= 11 is 0. The molecule has 0 bridgehead atoms. The van der Waals surface area contributed by atoms with Crippen molar-refractivity contribution in [1.29, 1.82) is 0 Å². The first kappa shape index (κ1) is 23.4. The molecule has 1 amide bonds. The van der Waals surface area contributed by atoms with Gasteiger partial charge in [-0.05, 0) is 24.3 Å². The van der Waals surface area contributed by atoms with Crippen LogP contribution in [0, 0.1) is 0 Å². The molecule has 154 valence electrons. The first-order chi connectivity index (χ1) is 14.3. The molecule has 2 aromatic rings. The number of amidine groups is 2. The number of aromatic nitrogens is 2. The van der Waals surface area contributed by atoms with Crippen molar-refractivity contribution in [1.82, 2.24) is 20.8 Å². The molecule has 0 atom stereocenters. The van der Waals surface area contributed by atoms with Gasteiger partial charge < -0.3 is 15.2 Å². The van der Waals surface area contributed by atoms with Crippen molar-refractivity contribution in [3.63, 3.8) is 0 Å². The quantitative estimate of drug-likeness (QED) is 0.536. The third-order valence-electron chi connectivity index (χ3n) is 3.23. The van der Waals surface area contributed by atoms with Crippen molar-refractivity contribution in [2.75, 3.05) is 12.4 Å². The highest BCUT2D eigenvalue weighted by Gasteiger charge is 2.13. The minimum atomic E-state index is -0.235. The number of nitrogens with one attached hydrogen (secondary N) is 3. The Morgan fingerprint density at radius 3 is 2.17 bits per heavy atom. The van der Waals surface area contributed by atoms with E-state index < -0.39 is 0 Å². The van der Waals surface area contributed by atoms with Gasteiger partial charge in [0.25, 0.3) is 0 Å². The molecule has 0 spiro atoms. The third kappa shape index (κ3) is 7.46. The predicted molar refractivity (Wildman–Crippen MR) is 111 cm³/mol. The average molecular weight is 399 g/mol. The zero-order valence-electron chi connectivity index (χ0n) is 16.6. The van der Waals surface area contributed by atoms with Crippen molar-refractivity contribution >= 4 is 29.6 Å². The van der Waals surface area contributed by atoms with E-state index in [2.05, 4.69) is 36.3 Å². The van der Waals surface area contributed by atoms with Gasteiger partial charge >= 0.3 is 0 Å². The lowest BCUT2D eigenvalue weighted by Crippen LogP contribution is -2.35. The Kier molecular flexibility index (Phi) is 10.9. The van der Waals surface area contributed by atoms with Crippen LogP contribution < -0.4 is 16.2 Å². The number of nitrogens with zero attached hydrogens (tertiary/aromatic N) is 4. The number of aliphatic hydroxyl groups excluding tert-OH is 1. The summed E-state index contributed by atoms with van der Waals surface area (Å²) in [6, 6.07) is 8.88. The van der Waals surface area contributed by atoms with Crippen LogP contribution in [0.1, 0.15) is 38.1 Å². The summed E-state index contributed by atoms with van der Waals surface area (Å²) in [5.74, 6) is 0.711. The van der Waals surface area contributed by atoms with Crippen LogP contribution in [-0.2, 0) is 9.59 Å². The van der Waals surface area contributed by atoms with Crippen LogP contribution in [0.4, 0.5) is 5.69 Å². The Morgan fingerprint density at radius 1 is 1.03 bits per heavy atom. The van der Waals surface area contributed by atoms with Gasteiger partial charge in [-0.1, -0.05) is 19.9 Å². The molecule has 3 rings (SSSR count). The number of carbonyl (C=O) groups excluding carboxylic acids is 2. The van der Waals surface area contributed by atoms with Gasteiger partial charge in [0, 0.05) is 26.1 Å². The zero-order valence-corrected chi connectivity index (χ0v) is 16.6. The molecule has 2 aromatic heterocycles. The standard InChI is InChI=1S/C16H15N7O2.C2H6.CH4O/c24-9-3-5-14(25)19-11-6-7-13(18-10-11)16-22-20-15(21-23-16)12-4-1-2-8-17-12;2*1-2/h1-2,4,6-10H,3,5H2,(H,19,25)(H,20,21)(H,22,23);1-2H3;2H,1H3. The molecule has 0 unspecified atom stereocenters. The first-order valence-corrected chi connectivity index (χ1v) is 8.99. The van der Waals surface area contributed by atoms with E-state index in [1.165, 1.54) is 6.20 Å². The molecule has 0 aliphatic carbocycles. The smallest absolute Gasteiger partial charge is 0.224 e. The lowest BCUT2D eigenvalue weighted by Gasteiger charge is -2.14. The molecule has 0 radical (unpaired) electrons. The number of pyridine rings is 2. The summed E-state index contributed by atoms with van der Waals surface area (Å²) < 4.78 is 0. The van der Waals surface area contributed by atoms with Crippen LogP contribution in [0.5, 0.6) is 0 Å². The summed E-state index contributed by atoms with van der Waals surface area (Å²) in [6.45, 7) is 4.00. The predicted octanol–water partition coefficient (Wildman–Crippen LogP) is 1.25. The summed E-state index contributed by atoms with van der Waals surface area (Å²) in [4.78, 5) is 30.2. The fourth-order valence-corrected chi connectivity index (χ4v) is 2.02. The van der Waals surface area contributed by atoms with Crippen LogP contribution in [0.15, 0.2) is 52.9 Å². The lowest BCUT2D eigenvalue weighted by atomic mass is 10.3. The fourth-order valence-electron chi connectivity index (χ4n) is 2.02. The molecular formula is C19H25N7O3. The highest BCUT2D eigenvalue weighted by atomic mass is 16.2. The van der Waals surface area contributed by atoms with E-state index in [0.29, 0.717) is 35.0 Å². The molecule has 29 heavy (non-hydrogen) atoms. The van der Waals surface area contributed by atoms with Crippen molar-refractivity contribution in [2.45, 2.75) is 26.7 Å². The van der Waals surface area contributed by atoms with E-state index in [1.807, 2.05) is 32.0 Å². The number of aliphatic hydroxyl groups is 1.